The lowest BCUT2D eigenvalue weighted by Crippen LogP contribution is -2.43. The van der Waals surface area contributed by atoms with Gasteiger partial charge in [-0.3, -0.25) is 0 Å². The van der Waals surface area contributed by atoms with E-state index in [2.05, 4.69) is 65.9 Å². The van der Waals surface area contributed by atoms with E-state index in [1.165, 1.54) is 29.0 Å². The first kappa shape index (κ1) is 17.0. The molecule has 0 bridgehead atoms. The molecule has 1 N–H and O–H groups in total. The summed E-state index contributed by atoms with van der Waals surface area (Å²) in [4.78, 5) is 2.96. The van der Waals surface area contributed by atoms with Crippen LogP contribution in [0.25, 0.3) is 0 Å². The molecule has 120 valence electrons. The van der Waals surface area contributed by atoms with Gasteiger partial charge in [0.1, 0.15) is 0 Å². The maximum Gasteiger partial charge on any atom is 0.0302 e. The molecule has 0 saturated heterocycles. The van der Waals surface area contributed by atoms with Crippen molar-refractivity contribution in [3.05, 3.63) is 21.9 Å². The number of thiophene rings is 1. The van der Waals surface area contributed by atoms with E-state index in [-0.39, 0.29) is 5.41 Å². The molecular formula is C19H33NS. The molecule has 21 heavy (non-hydrogen) atoms. The van der Waals surface area contributed by atoms with Crippen LogP contribution in [0.15, 0.2) is 12.1 Å². The second kappa shape index (κ2) is 5.70. The molecule has 0 aliphatic heterocycles. The Morgan fingerprint density at radius 1 is 1.10 bits per heavy atom. The van der Waals surface area contributed by atoms with Gasteiger partial charge in [-0.2, -0.15) is 0 Å². The van der Waals surface area contributed by atoms with Crippen molar-refractivity contribution in [1.29, 1.82) is 0 Å². The van der Waals surface area contributed by atoms with Crippen LogP contribution in [-0.4, -0.2) is 6.04 Å². The number of hydrogen-bond acceptors (Lipinski definition) is 2. The SMILES string of the molecule is CC1(C)CC(NCc2ccc(C(C)(C)C)s2)CC(C)(C)C1. The number of rotatable bonds is 3. The minimum atomic E-state index is 0.276. The highest BCUT2D eigenvalue weighted by molar-refractivity contribution is 7.12. The molecule has 2 heteroatoms. The molecular weight excluding hydrogens is 274 g/mol. The van der Waals surface area contributed by atoms with Gasteiger partial charge in [0.05, 0.1) is 0 Å². The molecule has 1 aromatic rings. The molecule has 1 nitrogen and oxygen atoms in total. The van der Waals surface area contributed by atoms with E-state index < -0.39 is 0 Å². The third-order valence-corrected chi connectivity index (χ3v) is 6.03. The molecule has 1 aliphatic carbocycles. The van der Waals surface area contributed by atoms with Gasteiger partial charge in [-0.1, -0.05) is 48.5 Å². The zero-order chi connectivity index (χ0) is 15.9. The van der Waals surface area contributed by atoms with Gasteiger partial charge in [0, 0.05) is 22.3 Å². The van der Waals surface area contributed by atoms with Crippen LogP contribution >= 0.6 is 11.3 Å². The third-order valence-electron chi connectivity index (χ3n) is 4.52. The minimum absolute atomic E-state index is 0.276. The first-order valence-corrected chi connectivity index (χ1v) is 9.11. The summed E-state index contributed by atoms with van der Waals surface area (Å²) in [5.41, 5.74) is 1.20. The number of hydrogen-bond donors (Lipinski definition) is 1. The largest absolute Gasteiger partial charge is 0.309 e. The van der Waals surface area contributed by atoms with Crippen LogP contribution in [0.4, 0.5) is 0 Å². The Balaban J connectivity index is 1.95. The van der Waals surface area contributed by atoms with Crippen molar-refractivity contribution in [3.63, 3.8) is 0 Å². The fourth-order valence-corrected chi connectivity index (χ4v) is 5.13. The summed E-state index contributed by atoms with van der Waals surface area (Å²) in [6.07, 6.45) is 3.94. The van der Waals surface area contributed by atoms with Crippen molar-refractivity contribution < 1.29 is 0 Å². The maximum atomic E-state index is 3.82. The predicted octanol–water partition coefficient (Wildman–Crippen LogP) is 5.74. The summed E-state index contributed by atoms with van der Waals surface area (Å²) in [6, 6.07) is 5.26. The van der Waals surface area contributed by atoms with Gasteiger partial charge in [0.15, 0.2) is 0 Å². The molecule has 0 spiro atoms. The minimum Gasteiger partial charge on any atom is -0.309 e. The van der Waals surface area contributed by atoms with Crippen LogP contribution in [0.1, 0.15) is 77.5 Å². The Bertz CT molecular complexity index is 460. The van der Waals surface area contributed by atoms with Crippen molar-refractivity contribution in [2.75, 3.05) is 0 Å². The number of nitrogens with one attached hydrogen (secondary N) is 1. The van der Waals surface area contributed by atoms with Crippen LogP contribution in [0, 0.1) is 10.8 Å². The smallest absolute Gasteiger partial charge is 0.0302 e. The molecule has 0 aromatic carbocycles. The van der Waals surface area contributed by atoms with Gasteiger partial charge >= 0.3 is 0 Å². The molecule has 0 unspecified atom stereocenters. The van der Waals surface area contributed by atoms with E-state index >= 15 is 0 Å². The lowest BCUT2D eigenvalue weighted by molar-refractivity contribution is 0.0846. The molecule has 1 aliphatic rings. The Morgan fingerprint density at radius 3 is 2.14 bits per heavy atom. The quantitative estimate of drug-likeness (QED) is 0.750. The predicted molar refractivity (Wildman–Crippen MR) is 95.1 cm³/mol. The standard InChI is InChI=1S/C19H33NS/c1-17(2,3)16-9-8-15(21-16)12-20-14-10-18(4,5)13-19(6,7)11-14/h8-9,14,20H,10-13H2,1-7H3. The van der Waals surface area contributed by atoms with Crippen LogP contribution in [-0.2, 0) is 12.0 Å². The molecule has 2 rings (SSSR count). The molecule has 0 atom stereocenters. The van der Waals surface area contributed by atoms with E-state index in [0.717, 1.165) is 6.54 Å². The Hall–Kier alpha value is -0.340. The first-order chi connectivity index (χ1) is 9.47. The normalized spacial score (nSPS) is 22.4. The van der Waals surface area contributed by atoms with E-state index in [9.17, 15) is 0 Å². The Morgan fingerprint density at radius 2 is 1.67 bits per heavy atom. The highest BCUT2D eigenvalue weighted by Gasteiger charge is 2.38. The molecule has 1 heterocycles. The molecule has 1 saturated carbocycles. The van der Waals surface area contributed by atoms with Crippen LogP contribution < -0.4 is 5.32 Å². The average Bonchev–Trinajstić information content (AvgIpc) is 2.69. The summed E-state index contributed by atoms with van der Waals surface area (Å²) in [5, 5.41) is 3.82. The second-order valence-electron chi connectivity index (χ2n) is 9.51. The molecule has 0 amide bonds. The Labute approximate surface area is 135 Å². The van der Waals surface area contributed by atoms with E-state index in [0.29, 0.717) is 16.9 Å². The van der Waals surface area contributed by atoms with Crippen molar-refractivity contribution in [1.82, 2.24) is 5.32 Å². The summed E-state index contributed by atoms with van der Waals surface area (Å²) in [5.74, 6) is 0. The second-order valence-corrected chi connectivity index (χ2v) is 10.7. The van der Waals surface area contributed by atoms with Gasteiger partial charge in [0.25, 0.3) is 0 Å². The summed E-state index contributed by atoms with van der Waals surface area (Å²) >= 11 is 1.97. The van der Waals surface area contributed by atoms with E-state index in [1.54, 1.807) is 0 Å². The zero-order valence-electron chi connectivity index (χ0n) is 15.0. The monoisotopic (exact) mass is 307 g/mol. The Kier molecular flexibility index (Phi) is 4.62. The lowest BCUT2D eigenvalue weighted by atomic mass is 9.63. The van der Waals surface area contributed by atoms with Gasteiger partial charge in [0.2, 0.25) is 0 Å². The third kappa shape index (κ3) is 4.82. The van der Waals surface area contributed by atoms with Crippen LogP contribution in [0.3, 0.4) is 0 Å². The highest BCUT2D eigenvalue weighted by Crippen LogP contribution is 2.45. The first-order valence-electron chi connectivity index (χ1n) is 8.30. The molecule has 0 radical (unpaired) electrons. The van der Waals surface area contributed by atoms with Crippen molar-refractivity contribution >= 4 is 11.3 Å². The fourth-order valence-electron chi connectivity index (χ4n) is 4.11. The zero-order valence-corrected chi connectivity index (χ0v) is 15.8. The van der Waals surface area contributed by atoms with Gasteiger partial charge < -0.3 is 5.32 Å². The summed E-state index contributed by atoms with van der Waals surface area (Å²) < 4.78 is 0. The molecule has 1 fully saturated rings. The summed E-state index contributed by atoms with van der Waals surface area (Å²) in [7, 11) is 0. The fraction of sp³-hybridized carbons (Fsp3) is 0.789. The van der Waals surface area contributed by atoms with E-state index in [1.807, 2.05) is 11.3 Å². The van der Waals surface area contributed by atoms with Crippen molar-refractivity contribution in [2.24, 2.45) is 10.8 Å². The summed E-state index contributed by atoms with van der Waals surface area (Å²) in [6.45, 7) is 17.6. The van der Waals surface area contributed by atoms with Crippen LogP contribution in [0.5, 0.6) is 0 Å². The van der Waals surface area contributed by atoms with Crippen molar-refractivity contribution in [2.45, 2.75) is 85.7 Å². The van der Waals surface area contributed by atoms with Gasteiger partial charge in [-0.25, -0.2) is 0 Å². The van der Waals surface area contributed by atoms with Crippen molar-refractivity contribution in [3.8, 4) is 0 Å². The average molecular weight is 308 g/mol. The highest BCUT2D eigenvalue weighted by atomic mass is 32.1. The molecule has 1 aromatic heterocycles. The van der Waals surface area contributed by atoms with E-state index in [4.69, 9.17) is 0 Å². The van der Waals surface area contributed by atoms with Gasteiger partial charge in [-0.05, 0) is 47.6 Å². The maximum absolute atomic E-state index is 3.82. The topological polar surface area (TPSA) is 12.0 Å². The lowest BCUT2D eigenvalue weighted by Gasteiger charge is -2.45. The van der Waals surface area contributed by atoms with Crippen LogP contribution in [0.2, 0.25) is 0 Å². The van der Waals surface area contributed by atoms with Gasteiger partial charge in [-0.15, -0.1) is 11.3 Å².